The number of unbranched alkanes of at least 4 members (excludes halogenated alkanes) is 3. The molecule has 12 heteroatoms. The first-order valence-electron chi connectivity index (χ1n) is 19.6. The monoisotopic (exact) mass is 771 g/mol. The van der Waals surface area contributed by atoms with Crippen LogP contribution in [0.5, 0.6) is 11.5 Å². The van der Waals surface area contributed by atoms with E-state index in [0.717, 1.165) is 93.9 Å². The minimum atomic E-state index is 0.0848. The molecule has 1 unspecified atom stereocenters. The van der Waals surface area contributed by atoms with Gasteiger partial charge in [-0.2, -0.15) is 9.48 Å². The van der Waals surface area contributed by atoms with Crippen molar-refractivity contribution in [2.24, 2.45) is 27.5 Å². The number of phenolic OH excluding ortho intramolecular Hbond substituents is 2. The number of anilines is 4. The molecule has 2 heterocycles. The minimum absolute atomic E-state index is 0.0848. The number of phenols is 2. The number of aromatic nitrogens is 2. The van der Waals surface area contributed by atoms with E-state index in [0.29, 0.717) is 17.3 Å². The van der Waals surface area contributed by atoms with Crippen LogP contribution in [0.25, 0.3) is 21.5 Å². The first-order valence-corrected chi connectivity index (χ1v) is 19.6. The number of aryl methyl sites for hydroxylation is 2. The molecular formula is C46H47N10O2+3. The Hall–Kier alpha value is -7.18. The van der Waals surface area contributed by atoms with Crippen LogP contribution < -0.4 is 20.1 Å². The fourth-order valence-electron chi connectivity index (χ4n) is 7.21. The second-order valence-corrected chi connectivity index (χ2v) is 14.5. The Morgan fingerprint density at radius 3 is 1.78 bits per heavy atom. The molecule has 1 aliphatic rings. The van der Waals surface area contributed by atoms with Crippen molar-refractivity contribution in [1.82, 2.24) is 4.57 Å². The molecule has 0 bridgehead atoms. The van der Waals surface area contributed by atoms with E-state index < -0.39 is 0 Å². The van der Waals surface area contributed by atoms with Gasteiger partial charge in [0.1, 0.15) is 29.0 Å². The van der Waals surface area contributed by atoms with Gasteiger partial charge in [-0.1, -0.05) is 60.1 Å². The first kappa shape index (κ1) is 37.7. The van der Waals surface area contributed by atoms with Crippen molar-refractivity contribution in [3.63, 3.8) is 0 Å². The third-order valence-electron chi connectivity index (χ3n) is 10.3. The Kier molecular flexibility index (Phi) is 11.3. The number of benzene rings is 6. The molecule has 58 heavy (non-hydrogen) atoms. The van der Waals surface area contributed by atoms with Crippen molar-refractivity contribution in [3.05, 3.63) is 146 Å². The highest BCUT2D eigenvalue weighted by molar-refractivity contribution is 5.98. The Balaban J connectivity index is 0.852. The number of imidazole rings is 1. The fourth-order valence-corrected chi connectivity index (χ4v) is 7.21. The number of nitrogens with zero attached hydrogens (tertiary/aromatic N) is 7. The van der Waals surface area contributed by atoms with Crippen LogP contribution in [-0.4, -0.2) is 38.9 Å². The summed E-state index contributed by atoms with van der Waals surface area (Å²) in [6.07, 6.45) is 12.2. The van der Waals surface area contributed by atoms with Crippen molar-refractivity contribution < 1.29 is 24.3 Å². The van der Waals surface area contributed by atoms with Gasteiger partial charge in [-0.15, -0.1) is 0 Å². The molecular weight excluding hydrogens is 725 g/mol. The zero-order valence-electron chi connectivity index (χ0n) is 32.6. The van der Waals surface area contributed by atoms with E-state index in [1.807, 2.05) is 151 Å². The molecule has 0 fully saturated rings. The van der Waals surface area contributed by atoms with E-state index in [1.165, 1.54) is 0 Å². The second kappa shape index (κ2) is 17.3. The van der Waals surface area contributed by atoms with Gasteiger partial charge >= 0.3 is 11.9 Å². The summed E-state index contributed by atoms with van der Waals surface area (Å²) in [4.78, 5) is 1.13. The predicted molar refractivity (Wildman–Crippen MR) is 230 cm³/mol. The lowest BCUT2D eigenvalue weighted by atomic mass is 10.1. The number of fused-ring (bicyclic) bond motifs is 2. The molecule has 0 aliphatic carbocycles. The maximum Gasteiger partial charge on any atom is 0.524 e. The molecule has 0 saturated carbocycles. The third kappa shape index (κ3) is 8.62. The van der Waals surface area contributed by atoms with E-state index in [-0.39, 0.29) is 11.5 Å². The fraction of sp³-hybridized carbons (Fsp3) is 0.174. The van der Waals surface area contributed by atoms with E-state index in [2.05, 4.69) is 41.9 Å². The molecule has 0 radical (unpaired) electrons. The maximum atomic E-state index is 10.8. The van der Waals surface area contributed by atoms with Crippen LogP contribution in [-0.2, 0) is 13.6 Å². The molecule has 0 amide bonds. The zero-order valence-corrected chi connectivity index (χ0v) is 32.6. The summed E-state index contributed by atoms with van der Waals surface area (Å²) >= 11 is 0. The number of rotatable bonds is 14. The number of hydrogen-bond acceptors (Lipinski definition) is 8. The van der Waals surface area contributed by atoms with E-state index in [9.17, 15) is 10.2 Å². The highest BCUT2D eigenvalue weighted by Gasteiger charge is 2.30. The summed E-state index contributed by atoms with van der Waals surface area (Å²) in [6, 6.07) is 39.2. The quantitative estimate of drug-likeness (QED) is 0.0428. The average Bonchev–Trinajstić information content (AvgIpc) is 3.78. The lowest BCUT2D eigenvalue weighted by molar-refractivity contribution is -0.760. The second-order valence-electron chi connectivity index (χ2n) is 14.5. The van der Waals surface area contributed by atoms with Gasteiger partial charge in [-0.05, 0) is 108 Å². The maximum absolute atomic E-state index is 10.8. The summed E-state index contributed by atoms with van der Waals surface area (Å²) < 4.78 is 6.02. The SMILES string of the molecule is C[N+]1=C(N=Nc2c(O)ccc3cc(Nc4ccccc4)ccc23)[NH+](CCCCCCn2cc[n+](C)c2N=Nc2c(O)ccc3cc(Nc4ccccc4)ccc23)C=C1. The van der Waals surface area contributed by atoms with Crippen LogP contribution in [0.1, 0.15) is 25.7 Å². The molecule has 1 atom stereocenters. The molecule has 7 aromatic rings. The number of aromatic hydroxyl groups is 2. The summed E-state index contributed by atoms with van der Waals surface area (Å²) in [5.74, 6) is 1.67. The Bertz CT molecular complexity index is 2690. The average molecular weight is 772 g/mol. The number of azo groups is 2. The molecule has 12 nitrogen and oxygen atoms in total. The van der Waals surface area contributed by atoms with E-state index in [4.69, 9.17) is 0 Å². The Labute approximate surface area is 337 Å². The van der Waals surface area contributed by atoms with Crippen LogP contribution in [0.2, 0.25) is 0 Å². The normalized spacial score (nSPS) is 14.1. The van der Waals surface area contributed by atoms with Crippen LogP contribution in [0.3, 0.4) is 0 Å². The number of guanidine groups is 1. The lowest BCUT2D eigenvalue weighted by Crippen LogP contribution is -3.09. The largest absolute Gasteiger partial charge is 0.524 e. The highest BCUT2D eigenvalue weighted by Crippen LogP contribution is 2.38. The van der Waals surface area contributed by atoms with Gasteiger partial charge in [0.25, 0.3) is 0 Å². The summed E-state index contributed by atoms with van der Waals surface area (Å²) in [7, 11) is 3.92. The molecule has 0 spiro atoms. The molecule has 1 aromatic heterocycles. The van der Waals surface area contributed by atoms with Crippen molar-refractivity contribution in [2.75, 3.05) is 24.2 Å². The minimum Gasteiger partial charge on any atom is -0.506 e. The lowest BCUT2D eigenvalue weighted by Gasteiger charge is -2.09. The van der Waals surface area contributed by atoms with Crippen LogP contribution in [0, 0.1) is 0 Å². The van der Waals surface area contributed by atoms with E-state index >= 15 is 0 Å². The van der Waals surface area contributed by atoms with Crippen molar-refractivity contribution in [3.8, 4) is 11.5 Å². The number of nitrogens with one attached hydrogen (secondary N) is 3. The van der Waals surface area contributed by atoms with Crippen LogP contribution in [0.4, 0.5) is 40.1 Å². The van der Waals surface area contributed by atoms with Crippen LogP contribution >= 0.6 is 0 Å². The van der Waals surface area contributed by atoms with Gasteiger partial charge in [0.15, 0.2) is 11.4 Å². The van der Waals surface area contributed by atoms with Gasteiger partial charge in [0, 0.05) is 38.6 Å². The molecule has 5 N–H and O–H groups in total. The van der Waals surface area contributed by atoms with Crippen molar-refractivity contribution in [2.45, 2.75) is 32.2 Å². The first-order chi connectivity index (χ1) is 28.4. The van der Waals surface area contributed by atoms with Gasteiger partial charge in [-0.3, -0.25) is 0 Å². The van der Waals surface area contributed by atoms with Gasteiger partial charge in [-0.25, -0.2) is 9.13 Å². The molecule has 290 valence electrons. The topological polar surface area (TPSA) is 130 Å². The summed E-state index contributed by atoms with van der Waals surface area (Å²) in [5.41, 5.74) is 4.81. The molecule has 6 aromatic carbocycles. The summed E-state index contributed by atoms with van der Waals surface area (Å²) in [5, 5.41) is 50.4. The number of para-hydroxylation sites is 2. The predicted octanol–water partition coefficient (Wildman–Crippen LogP) is 9.65. The third-order valence-corrected chi connectivity index (χ3v) is 10.3. The molecule has 0 saturated heterocycles. The van der Waals surface area contributed by atoms with Gasteiger partial charge < -0.3 is 20.8 Å². The number of quaternary nitrogens is 1. The standard InChI is InChI=1S/C46H44N10O2/c1-53-27-29-55(45(53)51-49-43-39-21-19-37(31-33(39)17-23-41(43)57)47-35-13-7-5-8-14-35)25-11-3-4-12-26-56-30-28-54(2)46(56)52-50-44-40-22-20-38(32-34(40)18-24-42(44)58)48-36-15-9-6-10-16-36/h5-10,13-24,27-32H,3-4,11-12,25-26H2,1-2H3,(H2,47,48,49,50)/p+3. The number of hydrogen-bond donors (Lipinski definition) is 5. The zero-order chi connectivity index (χ0) is 39.8. The van der Waals surface area contributed by atoms with Gasteiger partial charge in [0.05, 0.1) is 39.6 Å². The smallest absolute Gasteiger partial charge is 0.506 e. The van der Waals surface area contributed by atoms with Crippen molar-refractivity contribution >= 4 is 67.6 Å². The van der Waals surface area contributed by atoms with E-state index in [1.54, 1.807) is 12.1 Å². The summed E-state index contributed by atoms with van der Waals surface area (Å²) in [6.45, 7) is 1.68. The Morgan fingerprint density at radius 1 is 0.603 bits per heavy atom. The Morgan fingerprint density at radius 2 is 1.17 bits per heavy atom. The molecule has 8 rings (SSSR count). The highest BCUT2D eigenvalue weighted by atomic mass is 16.3. The van der Waals surface area contributed by atoms with Gasteiger partial charge in [0.2, 0.25) is 0 Å². The van der Waals surface area contributed by atoms with Crippen molar-refractivity contribution in [1.29, 1.82) is 0 Å². The van der Waals surface area contributed by atoms with Crippen LogP contribution in [0.15, 0.2) is 167 Å². The molecule has 1 aliphatic heterocycles.